The zero-order valence-electron chi connectivity index (χ0n) is 18.9. The van der Waals surface area contributed by atoms with Crippen molar-refractivity contribution in [1.82, 2.24) is 10.2 Å². The molecule has 0 bridgehead atoms. The Morgan fingerprint density at radius 2 is 1.82 bits per heavy atom. The van der Waals surface area contributed by atoms with E-state index in [4.69, 9.17) is 4.74 Å². The molecule has 178 valence electrons. The standard InChI is InChI=1S/C22H28N4O7/c1-21(2,3)14-8-10-22(11-9-14)19(29)25(20(30)24-22)12-18(28)33-13-17(27)23-15-4-6-16(7-5-15)26(31)32/h4-7,14H,8-13H2,1-3H3,(H,23,27)(H,24,30). The molecule has 11 nitrogen and oxygen atoms in total. The lowest BCUT2D eigenvalue weighted by atomic mass is 9.67. The van der Waals surface area contributed by atoms with Gasteiger partial charge in [-0.1, -0.05) is 20.8 Å². The minimum atomic E-state index is -0.980. The number of benzene rings is 1. The lowest BCUT2D eigenvalue weighted by molar-refractivity contribution is -0.384. The van der Waals surface area contributed by atoms with Crippen molar-refractivity contribution >= 4 is 35.2 Å². The SMILES string of the molecule is CC(C)(C)C1CCC2(CC1)NC(=O)N(CC(=O)OCC(=O)Nc1ccc([N+](=O)[O-])cc1)C2=O. The highest BCUT2D eigenvalue weighted by Crippen LogP contribution is 2.43. The van der Waals surface area contributed by atoms with Crippen LogP contribution >= 0.6 is 0 Å². The van der Waals surface area contributed by atoms with Crippen LogP contribution in [0.3, 0.4) is 0 Å². The van der Waals surface area contributed by atoms with Gasteiger partial charge in [0.05, 0.1) is 4.92 Å². The highest BCUT2D eigenvalue weighted by molar-refractivity contribution is 6.08. The molecule has 0 radical (unpaired) electrons. The van der Waals surface area contributed by atoms with Gasteiger partial charge in [-0.05, 0) is 49.1 Å². The summed E-state index contributed by atoms with van der Waals surface area (Å²) < 4.78 is 4.90. The third kappa shape index (κ3) is 5.47. The number of nitro groups is 1. The highest BCUT2D eigenvalue weighted by Gasteiger charge is 2.53. The third-order valence-electron chi connectivity index (χ3n) is 6.32. The molecule has 1 aromatic rings. The summed E-state index contributed by atoms with van der Waals surface area (Å²) in [4.78, 5) is 60.4. The molecule has 2 fully saturated rings. The van der Waals surface area contributed by atoms with Crippen LogP contribution in [-0.2, 0) is 19.1 Å². The fraction of sp³-hybridized carbons (Fsp3) is 0.545. The van der Waals surface area contributed by atoms with Crippen LogP contribution in [-0.4, -0.2) is 52.3 Å². The minimum Gasteiger partial charge on any atom is -0.454 e. The van der Waals surface area contributed by atoms with E-state index in [2.05, 4.69) is 31.4 Å². The number of nitrogens with one attached hydrogen (secondary N) is 2. The van der Waals surface area contributed by atoms with Gasteiger partial charge >= 0.3 is 12.0 Å². The molecule has 1 aliphatic carbocycles. The molecule has 1 saturated carbocycles. The lowest BCUT2D eigenvalue weighted by Gasteiger charge is -2.40. The van der Waals surface area contributed by atoms with E-state index in [0.29, 0.717) is 24.4 Å². The third-order valence-corrected chi connectivity index (χ3v) is 6.32. The number of rotatable bonds is 6. The van der Waals surface area contributed by atoms with Crippen molar-refractivity contribution in [3.8, 4) is 0 Å². The molecule has 1 saturated heterocycles. The van der Waals surface area contributed by atoms with E-state index < -0.39 is 47.4 Å². The number of hydrogen-bond donors (Lipinski definition) is 2. The van der Waals surface area contributed by atoms with Gasteiger partial charge in [0.1, 0.15) is 12.1 Å². The molecule has 2 aliphatic rings. The van der Waals surface area contributed by atoms with Crippen LogP contribution in [0.4, 0.5) is 16.2 Å². The monoisotopic (exact) mass is 460 g/mol. The van der Waals surface area contributed by atoms with Crippen LogP contribution in [0.2, 0.25) is 0 Å². The molecule has 2 N–H and O–H groups in total. The molecule has 0 aromatic heterocycles. The van der Waals surface area contributed by atoms with Gasteiger partial charge in [-0.3, -0.25) is 29.4 Å². The Labute approximate surface area is 191 Å². The number of hydrogen-bond acceptors (Lipinski definition) is 7. The predicted molar refractivity (Wildman–Crippen MR) is 117 cm³/mol. The first kappa shape index (κ1) is 24.1. The average Bonchev–Trinajstić information content (AvgIpc) is 2.96. The molecule has 1 aromatic carbocycles. The fourth-order valence-electron chi connectivity index (χ4n) is 4.32. The maximum Gasteiger partial charge on any atom is 0.326 e. The average molecular weight is 460 g/mol. The van der Waals surface area contributed by atoms with Crippen LogP contribution in [0.1, 0.15) is 46.5 Å². The van der Waals surface area contributed by atoms with Crippen LogP contribution < -0.4 is 10.6 Å². The fourth-order valence-corrected chi connectivity index (χ4v) is 4.32. The number of esters is 1. The summed E-state index contributed by atoms with van der Waals surface area (Å²) in [5.41, 5.74) is -0.695. The zero-order valence-corrected chi connectivity index (χ0v) is 18.9. The summed E-state index contributed by atoms with van der Waals surface area (Å²) in [5.74, 6) is -1.54. The number of urea groups is 1. The summed E-state index contributed by atoms with van der Waals surface area (Å²) in [5, 5.41) is 15.9. The normalized spacial score (nSPS) is 22.8. The van der Waals surface area contributed by atoms with Gasteiger partial charge in [0.15, 0.2) is 6.61 Å². The Kier molecular flexibility index (Phi) is 6.71. The maximum atomic E-state index is 12.9. The van der Waals surface area contributed by atoms with Gasteiger partial charge < -0.3 is 15.4 Å². The highest BCUT2D eigenvalue weighted by atomic mass is 16.6. The van der Waals surface area contributed by atoms with E-state index in [1.165, 1.54) is 24.3 Å². The van der Waals surface area contributed by atoms with Gasteiger partial charge in [0, 0.05) is 17.8 Å². The predicted octanol–water partition coefficient (Wildman–Crippen LogP) is 2.60. The summed E-state index contributed by atoms with van der Waals surface area (Å²) in [6.45, 7) is 5.26. The van der Waals surface area contributed by atoms with E-state index in [-0.39, 0.29) is 11.1 Å². The van der Waals surface area contributed by atoms with Crippen LogP contribution in [0.25, 0.3) is 0 Å². The van der Waals surface area contributed by atoms with Crippen molar-refractivity contribution in [2.24, 2.45) is 11.3 Å². The zero-order chi connectivity index (χ0) is 24.4. The van der Waals surface area contributed by atoms with Crippen LogP contribution in [0, 0.1) is 21.4 Å². The Balaban J connectivity index is 1.49. The largest absolute Gasteiger partial charge is 0.454 e. The molecular weight excluding hydrogens is 432 g/mol. The van der Waals surface area contributed by atoms with Crippen LogP contribution in [0.5, 0.6) is 0 Å². The van der Waals surface area contributed by atoms with E-state index in [0.717, 1.165) is 17.7 Å². The van der Waals surface area contributed by atoms with E-state index in [1.807, 2.05) is 0 Å². The Hall–Kier alpha value is -3.50. The number of nitrogens with zero attached hydrogens (tertiary/aromatic N) is 2. The lowest BCUT2D eigenvalue weighted by Crippen LogP contribution is -2.50. The number of anilines is 1. The Morgan fingerprint density at radius 1 is 1.21 bits per heavy atom. The number of ether oxygens (including phenoxy) is 1. The van der Waals surface area contributed by atoms with Gasteiger partial charge in [0.2, 0.25) is 0 Å². The van der Waals surface area contributed by atoms with E-state index >= 15 is 0 Å². The molecule has 0 atom stereocenters. The molecule has 0 unspecified atom stereocenters. The summed E-state index contributed by atoms with van der Waals surface area (Å²) >= 11 is 0. The summed E-state index contributed by atoms with van der Waals surface area (Å²) in [6, 6.07) is 4.51. The number of amides is 4. The van der Waals surface area contributed by atoms with Crippen molar-refractivity contribution < 1.29 is 28.8 Å². The first-order valence-electron chi connectivity index (χ1n) is 10.8. The minimum absolute atomic E-state index is 0.117. The van der Waals surface area contributed by atoms with E-state index in [1.54, 1.807) is 0 Å². The van der Waals surface area contributed by atoms with Gasteiger partial charge in [-0.25, -0.2) is 4.79 Å². The second kappa shape index (κ2) is 9.16. The maximum absolute atomic E-state index is 12.9. The number of carbonyl (C=O) groups is 4. The molecule has 11 heteroatoms. The molecule has 3 rings (SSSR count). The number of nitro benzene ring substituents is 1. The summed E-state index contributed by atoms with van der Waals surface area (Å²) in [7, 11) is 0. The van der Waals surface area contributed by atoms with Crippen LogP contribution in [0.15, 0.2) is 24.3 Å². The number of carbonyl (C=O) groups excluding carboxylic acids is 4. The first-order chi connectivity index (χ1) is 15.4. The second-order valence-electron chi connectivity index (χ2n) is 9.56. The second-order valence-corrected chi connectivity index (χ2v) is 9.56. The van der Waals surface area contributed by atoms with Crippen molar-refractivity contribution in [3.63, 3.8) is 0 Å². The molecule has 1 aliphatic heterocycles. The molecule has 4 amide bonds. The first-order valence-corrected chi connectivity index (χ1v) is 10.8. The van der Waals surface area contributed by atoms with Gasteiger partial charge in [0.25, 0.3) is 17.5 Å². The quantitative estimate of drug-likeness (QED) is 0.287. The number of non-ortho nitro benzene ring substituents is 1. The topological polar surface area (TPSA) is 148 Å². The smallest absolute Gasteiger partial charge is 0.326 e. The molecule has 1 spiro atoms. The number of imide groups is 1. The van der Waals surface area contributed by atoms with Crippen molar-refractivity contribution in [3.05, 3.63) is 34.4 Å². The Morgan fingerprint density at radius 3 is 2.36 bits per heavy atom. The van der Waals surface area contributed by atoms with Gasteiger partial charge in [-0.15, -0.1) is 0 Å². The molecular formula is C22H28N4O7. The van der Waals surface area contributed by atoms with Crippen molar-refractivity contribution in [2.75, 3.05) is 18.5 Å². The van der Waals surface area contributed by atoms with Crippen molar-refractivity contribution in [2.45, 2.75) is 52.0 Å². The summed E-state index contributed by atoms with van der Waals surface area (Å²) in [6.07, 6.45) is 2.64. The molecule has 33 heavy (non-hydrogen) atoms. The van der Waals surface area contributed by atoms with E-state index in [9.17, 15) is 29.3 Å². The molecule has 1 heterocycles. The van der Waals surface area contributed by atoms with Gasteiger partial charge in [-0.2, -0.15) is 0 Å². The van der Waals surface area contributed by atoms with Crippen molar-refractivity contribution in [1.29, 1.82) is 0 Å². The Bertz CT molecular complexity index is 960.